The highest BCUT2D eigenvalue weighted by molar-refractivity contribution is 7.98. The van der Waals surface area contributed by atoms with Gasteiger partial charge in [0.2, 0.25) is 0 Å². The number of unbranched alkanes of at least 4 members (excludes halogenated alkanes) is 1. The molecule has 0 bridgehead atoms. The van der Waals surface area contributed by atoms with Crippen molar-refractivity contribution in [2.75, 3.05) is 24.3 Å². The Labute approximate surface area is 121 Å². The predicted molar refractivity (Wildman–Crippen MR) is 80.8 cm³/mol. The molecule has 0 fully saturated rings. The smallest absolute Gasteiger partial charge is 0.251 e. The highest BCUT2D eigenvalue weighted by Gasteiger charge is 2.10. The Morgan fingerprint density at radius 2 is 1.94 bits per heavy atom. The van der Waals surface area contributed by atoms with Crippen LogP contribution in [0.15, 0.2) is 12.1 Å². The maximum absolute atomic E-state index is 11.8. The molecule has 3 N–H and O–H groups in total. The second kappa shape index (κ2) is 7.77. The first kappa shape index (κ1) is 15.5. The zero-order valence-corrected chi connectivity index (χ0v) is 12.5. The summed E-state index contributed by atoms with van der Waals surface area (Å²) in [7, 11) is 0. The number of anilines is 1. The van der Waals surface area contributed by atoms with E-state index in [1.54, 1.807) is 11.8 Å². The third-order valence-corrected chi connectivity index (χ3v) is 3.72. The molecule has 1 aromatic carbocycles. The zero-order chi connectivity index (χ0) is 13.5. The molecular weight excluding hydrogens is 291 g/mol. The molecule has 1 rings (SSSR count). The summed E-state index contributed by atoms with van der Waals surface area (Å²) >= 11 is 13.5. The zero-order valence-electron chi connectivity index (χ0n) is 10.1. The number of carbonyl (C=O) groups excluding carboxylic acids is 1. The molecule has 0 atom stereocenters. The number of carbonyl (C=O) groups is 1. The second-order valence-corrected chi connectivity index (χ2v) is 5.61. The maximum atomic E-state index is 11.8. The van der Waals surface area contributed by atoms with Crippen LogP contribution in [0.5, 0.6) is 0 Å². The van der Waals surface area contributed by atoms with E-state index in [9.17, 15) is 4.79 Å². The summed E-state index contributed by atoms with van der Waals surface area (Å²) in [5.41, 5.74) is 6.34. The average molecular weight is 307 g/mol. The van der Waals surface area contributed by atoms with Crippen LogP contribution >= 0.6 is 35.0 Å². The van der Waals surface area contributed by atoms with Crippen molar-refractivity contribution < 1.29 is 4.79 Å². The number of amides is 1. The summed E-state index contributed by atoms with van der Waals surface area (Å²) in [4.78, 5) is 11.8. The Balaban J connectivity index is 2.52. The fourth-order valence-electron chi connectivity index (χ4n) is 1.39. The topological polar surface area (TPSA) is 55.1 Å². The van der Waals surface area contributed by atoms with E-state index in [-0.39, 0.29) is 5.91 Å². The molecule has 1 aromatic rings. The van der Waals surface area contributed by atoms with Crippen LogP contribution in [0.3, 0.4) is 0 Å². The molecule has 0 aliphatic carbocycles. The first-order valence-electron chi connectivity index (χ1n) is 5.58. The van der Waals surface area contributed by atoms with Crippen LogP contribution in [0.4, 0.5) is 5.69 Å². The lowest BCUT2D eigenvalue weighted by atomic mass is 10.2. The van der Waals surface area contributed by atoms with Gasteiger partial charge < -0.3 is 11.1 Å². The Bertz CT molecular complexity index is 404. The molecule has 0 spiro atoms. The van der Waals surface area contributed by atoms with E-state index in [0.29, 0.717) is 27.8 Å². The Hall–Kier alpha value is -0.580. The van der Waals surface area contributed by atoms with Gasteiger partial charge in [-0.3, -0.25) is 4.79 Å². The van der Waals surface area contributed by atoms with Crippen molar-refractivity contribution in [2.24, 2.45) is 0 Å². The van der Waals surface area contributed by atoms with Gasteiger partial charge in [0.05, 0.1) is 15.7 Å². The normalized spacial score (nSPS) is 10.4. The van der Waals surface area contributed by atoms with Crippen LogP contribution in [-0.4, -0.2) is 24.5 Å². The molecule has 100 valence electrons. The van der Waals surface area contributed by atoms with Gasteiger partial charge in [-0.15, -0.1) is 0 Å². The first-order chi connectivity index (χ1) is 8.56. The molecule has 0 aromatic heterocycles. The summed E-state index contributed by atoms with van der Waals surface area (Å²) < 4.78 is 0. The second-order valence-electron chi connectivity index (χ2n) is 3.81. The Kier molecular flexibility index (Phi) is 6.68. The van der Waals surface area contributed by atoms with Crippen molar-refractivity contribution >= 4 is 46.6 Å². The molecule has 0 saturated heterocycles. The molecule has 0 aliphatic heterocycles. The number of nitrogen functional groups attached to an aromatic ring is 1. The highest BCUT2D eigenvalue weighted by atomic mass is 35.5. The molecule has 6 heteroatoms. The van der Waals surface area contributed by atoms with E-state index in [4.69, 9.17) is 28.9 Å². The van der Waals surface area contributed by atoms with Gasteiger partial charge in [-0.25, -0.2) is 0 Å². The lowest BCUT2D eigenvalue weighted by molar-refractivity contribution is 0.0953. The molecule has 18 heavy (non-hydrogen) atoms. The molecule has 0 heterocycles. The van der Waals surface area contributed by atoms with Crippen molar-refractivity contribution in [3.05, 3.63) is 27.7 Å². The van der Waals surface area contributed by atoms with Crippen LogP contribution in [0, 0.1) is 0 Å². The van der Waals surface area contributed by atoms with Crippen LogP contribution in [0.1, 0.15) is 23.2 Å². The third-order valence-electron chi connectivity index (χ3n) is 2.40. The molecule has 1 amide bonds. The molecular formula is C12H16Cl2N2OS. The largest absolute Gasteiger partial charge is 0.396 e. The maximum Gasteiger partial charge on any atom is 0.251 e. The van der Waals surface area contributed by atoms with Crippen molar-refractivity contribution in [3.8, 4) is 0 Å². The molecule has 0 saturated carbocycles. The number of thioether (sulfide) groups is 1. The highest BCUT2D eigenvalue weighted by Crippen LogP contribution is 2.28. The van der Waals surface area contributed by atoms with E-state index in [1.165, 1.54) is 12.1 Å². The molecule has 0 radical (unpaired) electrons. The predicted octanol–water partition coefficient (Wildman–Crippen LogP) is 3.45. The van der Waals surface area contributed by atoms with Gasteiger partial charge in [-0.2, -0.15) is 11.8 Å². The SMILES string of the molecule is CSCCCCNC(=O)c1cc(Cl)c(N)c(Cl)c1. The molecule has 3 nitrogen and oxygen atoms in total. The van der Waals surface area contributed by atoms with Crippen molar-refractivity contribution in [1.29, 1.82) is 0 Å². The standard InChI is InChI=1S/C12H16Cl2N2OS/c1-18-5-3-2-4-16-12(17)8-6-9(13)11(15)10(14)7-8/h6-7H,2-5,15H2,1H3,(H,16,17). The fourth-order valence-corrected chi connectivity index (χ4v) is 2.37. The van der Waals surface area contributed by atoms with Gasteiger partial charge >= 0.3 is 0 Å². The summed E-state index contributed by atoms with van der Waals surface area (Å²) in [5, 5.41) is 3.43. The van der Waals surface area contributed by atoms with Gasteiger partial charge in [0.15, 0.2) is 0 Å². The van der Waals surface area contributed by atoms with Gasteiger partial charge in [0, 0.05) is 12.1 Å². The number of nitrogens with two attached hydrogens (primary N) is 1. The lowest BCUT2D eigenvalue weighted by Gasteiger charge is -2.07. The van der Waals surface area contributed by atoms with Crippen LogP contribution in [0.2, 0.25) is 10.0 Å². The number of hydrogen-bond donors (Lipinski definition) is 2. The van der Waals surface area contributed by atoms with Crippen molar-refractivity contribution in [1.82, 2.24) is 5.32 Å². The van der Waals surface area contributed by atoms with Gasteiger partial charge in [0.25, 0.3) is 5.91 Å². The summed E-state index contributed by atoms with van der Waals surface area (Å²) in [6, 6.07) is 3.06. The van der Waals surface area contributed by atoms with E-state index in [1.807, 2.05) is 0 Å². The number of nitrogens with one attached hydrogen (secondary N) is 1. The van der Waals surface area contributed by atoms with E-state index < -0.39 is 0 Å². The lowest BCUT2D eigenvalue weighted by Crippen LogP contribution is -2.24. The van der Waals surface area contributed by atoms with Gasteiger partial charge in [0.1, 0.15) is 0 Å². The van der Waals surface area contributed by atoms with E-state index >= 15 is 0 Å². The Morgan fingerprint density at radius 3 is 2.50 bits per heavy atom. The third kappa shape index (κ3) is 4.59. The summed E-state index contributed by atoms with van der Waals surface area (Å²) in [6.07, 6.45) is 4.12. The quantitative estimate of drug-likeness (QED) is 0.625. The van der Waals surface area contributed by atoms with E-state index in [0.717, 1.165) is 18.6 Å². The minimum Gasteiger partial charge on any atom is -0.396 e. The van der Waals surface area contributed by atoms with Crippen LogP contribution < -0.4 is 11.1 Å². The van der Waals surface area contributed by atoms with Crippen molar-refractivity contribution in [2.45, 2.75) is 12.8 Å². The fraction of sp³-hybridized carbons (Fsp3) is 0.417. The van der Waals surface area contributed by atoms with Gasteiger partial charge in [-0.1, -0.05) is 23.2 Å². The molecule has 0 aliphatic rings. The summed E-state index contributed by atoms with van der Waals surface area (Å²) in [5.74, 6) is 0.929. The van der Waals surface area contributed by atoms with Crippen molar-refractivity contribution in [3.63, 3.8) is 0 Å². The minimum atomic E-state index is -0.178. The summed E-state index contributed by atoms with van der Waals surface area (Å²) in [6.45, 7) is 0.652. The first-order valence-corrected chi connectivity index (χ1v) is 7.73. The number of benzene rings is 1. The Morgan fingerprint density at radius 1 is 1.33 bits per heavy atom. The monoisotopic (exact) mass is 306 g/mol. The van der Waals surface area contributed by atoms with Gasteiger partial charge in [-0.05, 0) is 37.0 Å². The van der Waals surface area contributed by atoms with Crippen LogP contribution in [0.25, 0.3) is 0 Å². The molecule has 0 unspecified atom stereocenters. The number of hydrogen-bond acceptors (Lipinski definition) is 3. The number of halogens is 2. The van der Waals surface area contributed by atoms with E-state index in [2.05, 4.69) is 11.6 Å². The number of rotatable bonds is 6. The average Bonchev–Trinajstić information content (AvgIpc) is 2.34. The van der Waals surface area contributed by atoms with Crippen LogP contribution in [-0.2, 0) is 0 Å². The minimum absolute atomic E-state index is 0.178.